The van der Waals surface area contributed by atoms with Gasteiger partial charge < -0.3 is 9.72 Å². The van der Waals surface area contributed by atoms with E-state index in [4.69, 9.17) is 0 Å². The highest BCUT2D eigenvalue weighted by molar-refractivity contribution is 5.42. The second-order valence-corrected chi connectivity index (χ2v) is 5.17. The van der Waals surface area contributed by atoms with E-state index in [9.17, 15) is 0 Å². The monoisotopic (exact) mass is 265 g/mol. The molecule has 0 radical (unpaired) electrons. The summed E-state index contributed by atoms with van der Waals surface area (Å²) in [7, 11) is 0. The van der Waals surface area contributed by atoms with E-state index in [0.29, 0.717) is 0 Å². The Labute approximate surface area is 119 Å². The number of pyridine rings is 1. The predicted molar refractivity (Wildman–Crippen MR) is 81.7 cm³/mol. The molecule has 3 heteroatoms. The van der Waals surface area contributed by atoms with E-state index in [1.165, 1.54) is 16.8 Å². The Morgan fingerprint density at radius 1 is 1.05 bits per heavy atom. The smallest absolute Gasteiger partial charge is 0.137 e. The number of fused-ring (bicyclic) bond motifs is 1. The van der Waals surface area contributed by atoms with E-state index in [1.54, 1.807) is 0 Å². The van der Waals surface area contributed by atoms with Crippen LogP contribution in [0.25, 0.3) is 5.65 Å². The molecule has 2 heterocycles. The molecule has 3 aromatic rings. The molecular weight excluding hydrogens is 246 g/mol. The normalized spacial score (nSPS) is 11.1. The SMILES string of the molecule is Cc1cccc(CNCc2c(C)nc3ccccn23)c1. The zero-order valence-corrected chi connectivity index (χ0v) is 11.9. The summed E-state index contributed by atoms with van der Waals surface area (Å²) in [4.78, 5) is 4.58. The summed E-state index contributed by atoms with van der Waals surface area (Å²) < 4.78 is 2.15. The molecule has 2 aromatic heterocycles. The van der Waals surface area contributed by atoms with Crippen LogP contribution < -0.4 is 5.32 Å². The molecule has 3 nitrogen and oxygen atoms in total. The van der Waals surface area contributed by atoms with Gasteiger partial charge in [0.15, 0.2) is 0 Å². The summed E-state index contributed by atoms with van der Waals surface area (Å²) in [5.41, 5.74) is 5.95. The summed E-state index contributed by atoms with van der Waals surface area (Å²) in [5.74, 6) is 0. The van der Waals surface area contributed by atoms with Gasteiger partial charge in [-0.25, -0.2) is 4.98 Å². The number of rotatable bonds is 4. The van der Waals surface area contributed by atoms with Crippen LogP contribution in [0.15, 0.2) is 48.7 Å². The van der Waals surface area contributed by atoms with Gasteiger partial charge in [0.05, 0.1) is 11.4 Å². The van der Waals surface area contributed by atoms with Crippen molar-refractivity contribution in [1.82, 2.24) is 14.7 Å². The molecule has 1 N–H and O–H groups in total. The molecule has 0 atom stereocenters. The minimum absolute atomic E-state index is 0.824. The van der Waals surface area contributed by atoms with Gasteiger partial charge in [-0.3, -0.25) is 0 Å². The maximum Gasteiger partial charge on any atom is 0.137 e. The molecule has 0 bridgehead atoms. The van der Waals surface area contributed by atoms with E-state index in [0.717, 1.165) is 24.4 Å². The van der Waals surface area contributed by atoms with Gasteiger partial charge in [-0.2, -0.15) is 0 Å². The Hall–Kier alpha value is -2.13. The summed E-state index contributed by atoms with van der Waals surface area (Å²) in [5, 5.41) is 3.50. The summed E-state index contributed by atoms with van der Waals surface area (Å²) >= 11 is 0. The first-order valence-electron chi connectivity index (χ1n) is 6.93. The Kier molecular flexibility index (Phi) is 3.52. The number of nitrogens with one attached hydrogen (secondary N) is 1. The largest absolute Gasteiger partial charge is 0.307 e. The van der Waals surface area contributed by atoms with Crippen molar-refractivity contribution in [1.29, 1.82) is 0 Å². The maximum atomic E-state index is 4.58. The quantitative estimate of drug-likeness (QED) is 0.784. The van der Waals surface area contributed by atoms with Crippen LogP contribution in [0.5, 0.6) is 0 Å². The van der Waals surface area contributed by atoms with Crippen molar-refractivity contribution in [2.24, 2.45) is 0 Å². The highest BCUT2D eigenvalue weighted by atomic mass is 15.0. The van der Waals surface area contributed by atoms with Crippen LogP contribution in [0.3, 0.4) is 0 Å². The molecular formula is C17H19N3. The van der Waals surface area contributed by atoms with Crippen LogP contribution in [0.2, 0.25) is 0 Å². The molecule has 0 amide bonds. The van der Waals surface area contributed by atoms with E-state index in [1.807, 2.05) is 18.2 Å². The van der Waals surface area contributed by atoms with Crippen LogP contribution in [0.4, 0.5) is 0 Å². The second-order valence-electron chi connectivity index (χ2n) is 5.17. The average molecular weight is 265 g/mol. The van der Waals surface area contributed by atoms with E-state index >= 15 is 0 Å². The fraction of sp³-hybridized carbons (Fsp3) is 0.235. The minimum atomic E-state index is 0.824. The van der Waals surface area contributed by atoms with Crippen LogP contribution in [-0.4, -0.2) is 9.38 Å². The number of imidazole rings is 1. The Morgan fingerprint density at radius 2 is 1.95 bits per heavy atom. The first kappa shape index (κ1) is 12.9. The van der Waals surface area contributed by atoms with Crippen molar-refractivity contribution < 1.29 is 0 Å². The fourth-order valence-electron chi connectivity index (χ4n) is 2.52. The highest BCUT2D eigenvalue weighted by Gasteiger charge is 2.07. The Morgan fingerprint density at radius 3 is 2.80 bits per heavy atom. The number of nitrogens with zero attached hydrogens (tertiary/aromatic N) is 2. The molecule has 3 rings (SSSR count). The molecule has 0 saturated carbocycles. The van der Waals surface area contributed by atoms with Crippen molar-refractivity contribution in [3.8, 4) is 0 Å². The van der Waals surface area contributed by atoms with Crippen LogP contribution in [-0.2, 0) is 13.1 Å². The van der Waals surface area contributed by atoms with Crippen LogP contribution in [0, 0.1) is 13.8 Å². The molecule has 0 saturated heterocycles. The highest BCUT2D eigenvalue weighted by Crippen LogP contribution is 2.11. The van der Waals surface area contributed by atoms with Gasteiger partial charge in [-0.1, -0.05) is 35.9 Å². The van der Waals surface area contributed by atoms with Crippen LogP contribution in [0.1, 0.15) is 22.5 Å². The molecule has 0 aliphatic rings. The number of hydrogen-bond acceptors (Lipinski definition) is 2. The number of benzene rings is 1. The second kappa shape index (κ2) is 5.47. The zero-order valence-electron chi connectivity index (χ0n) is 11.9. The Balaban J connectivity index is 1.73. The van der Waals surface area contributed by atoms with Crippen molar-refractivity contribution in [3.05, 3.63) is 71.2 Å². The number of aryl methyl sites for hydroxylation is 2. The lowest BCUT2D eigenvalue weighted by Gasteiger charge is -2.07. The maximum absolute atomic E-state index is 4.58. The molecule has 0 unspecified atom stereocenters. The summed E-state index contributed by atoms with van der Waals surface area (Å²) in [6, 6.07) is 14.7. The number of aromatic nitrogens is 2. The summed E-state index contributed by atoms with van der Waals surface area (Å²) in [6.45, 7) is 5.89. The van der Waals surface area contributed by atoms with Gasteiger partial charge >= 0.3 is 0 Å². The first-order chi connectivity index (χ1) is 9.74. The van der Waals surface area contributed by atoms with E-state index in [2.05, 4.69) is 59.0 Å². The van der Waals surface area contributed by atoms with Gasteiger partial charge in [-0.05, 0) is 31.5 Å². The molecule has 0 aliphatic carbocycles. The fourth-order valence-corrected chi connectivity index (χ4v) is 2.52. The first-order valence-corrected chi connectivity index (χ1v) is 6.93. The van der Waals surface area contributed by atoms with E-state index < -0.39 is 0 Å². The Bertz CT molecular complexity index is 728. The van der Waals surface area contributed by atoms with Gasteiger partial charge in [0.1, 0.15) is 5.65 Å². The van der Waals surface area contributed by atoms with Crippen molar-refractivity contribution in [2.45, 2.75) is 26.9 Å². The third kappa shape index (κ3) is 2.58. The topological polar surface area (TPSA) is 29.3 Å². The van der Waals surface area contributed by atoms with Gasteiger partial charge in [0, 0.05) is 19.3 Å². The standard InChI is InChI=1S/C17H19N3/c1-13-6-5-7-15(10-13)11-18-12-16-14(2)19-17-8-3-4-9-20(16)17/h3-10,18H,11-12H2,1-2H3. The molecule has 0 aliphatic heterocycles. The summed E-state index contributed by atoms with van der Waals surface area (Å²) in [6.07, 6.45) is 2.07. The number of hydrogen-bond donors (Lipinski definition) is 1. The third-order valence-corrected chi connectivity index (χ3v) is 3.53. The lowest BCUT2D eigenvalue weighted by atomic mass is 10.1. The van der Waals surface area contributed by atoms with Crippen molar-refractivity contribution in [3.63, 3.8) is 0 Å². The molecule has 1 aromatic carbocycles. The zero-order chi connectivity index (χ0) is 13.9. The molecule has 0 fully saturated rings. The lowest BCUT2D eigenvalue weighted by Crippen LogP contribution is -2.14. The average Bonchev–Trinajstić information content (AvgIpc) is 2.75. The van der Waals surface area contributed by atoms with Crippen molar-refractivity contribution >= 4 is 5.65 Å². The van der Waals surface area contributed by atoms with Crippen molar-refractivity contribution in [2.75, 3.05) is 0 Å². The van der Waals surface area contributed by atoms with Gasteiger partial charge in [-0.15, -0.1) is 0 Å². The van der Waals surface area contributed by atoms with Crippen LogP contribution >= 0.6 is 0 Å². The third-order valence-electron chi connectivity index (χ3n) is 3.53. The van der Waals surface area contributed by atoms with Gasteiger partial charge in [0.2, 0.25) is 0 Å². The molecule has 102 valence electrons. The van der Waals surface area contributed by atoms with Gasteiger partial charge in [0.25, 0.3) is 0 Å². The predicted octanol–water partition coefficient (Wildman–Crippen LogP) is 3.24. The lowest BCUT2D eigenvalue weighted by molar-refractivity contribution is 0.672. The minimum Gasteiger partial charge on any atom is -0.307 e. The molecule has 20 heavy (non-hydrogen) atoms. The molecule has 0 spiro atoms. The van der Waals surface area contributed by atoms with E-state index in [-0.39, 0.29) is 0 Å².